The average Bonchev–Trinajstić information content (AvgIpc) is 2.63. The quantitative estimate of drug-likeness (QED) is 0.384. The lowest BCUT2D eigenvalue weighted by molar-refractivity contribution is -0.112. The summed E-state index contributed by atoms with van der Waals surface area (Å²) in [5, 5.41) is 15.0. The second-order valence-electron chi connectivity index (χ2n) is 5.30. The Hall–Kier alpha value is -2.73. The number of carbonyl (C=O) groups excluding carboxylic acids is 1. The van der Waals surface area contributed by atoms with Crippen LogP contribution in [0, 0.1) is 21.8 Å². The minimum absolute atomic E-state index is 0.0438. The Morgan fingerprint density at radius 1 is 1.15 bits per heavy atom. The first-order valence-electron chi connectivity index (χ1n) is 7.64. The number of benzene rings is 2. The molecule has 0 heterocycles. The molecule has 0 saturated carbocycles. The van der Waals surface area contributed by atoms with E-state index in [-0.39, 0.29) is 5.57 Å². The molecular formula is C19H18IN3O3. The van der Waals surface area contributed by atoms with Gasteiger partial charge in [0.25, 0.3) is 5.91 Å². The van der Waals surface area contributed by atoms with Gasteiger partial charge in [-0.15, -0.1) is 0 Å². The van der Waals surface area contributed by atoms with Gasteiger partial charge in [-0.05, 0) is 65.4 Å². The number of carbonyl (C=O) groups is 1. The molecule has 2 aromatic rings. The summed E-state index contributed by atoms with van der Waals surface area (Å²) in [6, 6.07) is 12.7. The molecule has 134 valence electrons. The van der Waals surface area contributed by atoms with Gasteiger partial charge in [-0.2, -0.15) is 5.26 Å². The van der Waals surface area contributed by atoms with Crippen molar-refractivity contribution in [3.8, 4) is 17.6 Å². The van der Waals surface area contributed by atoms with Crippen LogP contribution in [0.5, 0.6) is 11.5 Å². The number of nitrogens with zero attached hydrogens (tertiary/aromatic N) is 1. The Kier molecular flexibility index (Phi) is 6.86. The normalized spacial score (nSPS) is 10.7. The predicted molar refractivity (Wildman–Crippen MR) is 109 cm³/mol. The summed E-state index contributed by atoms with van der Waals surface area (Å²) in [5.41, 5.74) is 2.31. The van der Waals surface area contributed by atoms with Crippen molar-refractivity contribution in [2.45, 2.75) is 6.92 Å². The smallest absolute Gasteiger partial charge is 0.267 e. The summed E-state index contributed by atoms with van der Waals surface area (Å²) in [7, 11) is 3.04. The zero-order valence-electron chi connectivity index (χ0n) is 14.6. The van der Waals surface area contributed by atoms with Gasteiger partial charge in [0, 0.05) is 27.2 Å². The van der Waals surface area contributed by atoms with E-state index >= 15 is 0 Å². The van der Waals surface area contributed by atoms with E-state index in [1.807, 2.05) is 31.2 Å². The summed E-state index contributed by atoms with van der Waals surface area (Å²) in [6.45, 7) is 1.95. The Bertz CT molecular complexity index is 888. The van der Waals surface area contributed by atoms with Crippen LogP contribution in [-0.4, -0.2) is 20.1 Å². The largest absolute Gasteiger partial charge is 0.493 e. The third-order valence-electron chi connectivity index (χ3n) is 3.57. The first kappa shape index (κ1) is 19.6. The number of nitriles is 1. The summed E-state index contributed by atoms with van der Waals surface area (Å²) >= 11 is 2.23. The van der Waals surface area contributed by atoms with Gasteiger partial charge in [-0.3, -0.25) is 4.79 Å². The van der Waals surface area contributed by atoms with Gasteiger partial charge >= 0.3 is 0 Å². The molecule has 2 aromatic carbocycles. The molecule has 0 aliphatic carbocycles. The van der Waals surface area contributed by atoms with E-state index < -0.39 is 5.91 Å². The Morgan fingerprint density at radius 2 is 1.88 bits per heavy atom. The molecule has 0 fully saturated rings. The van der Waals surface area contributed by atoms with Crippen molar-refractivity contribution in [2.75, 3.05) is 24.9 Å². The first-order chi connectivity index (χ1) is 12.5. The van der Waals surface area contributed by atoms with E-state index in [1.54, 1.807) is 18.2 Å². The SMILES string of the molecule is COc1ccc(NC(=O)/C(C#N)=C\Nc2ccc(I)cc2C)cc1OC. The second-order valence-corrected chi connectivity index (χ2v) is 6.54. The fourth-order valence-electron chi connectivity index (χ4n) is 2.20. The molecule has 0 atom stereocenters. The van der Waals surface area contributed by atoms with Gasteiger partial charge < -0.3 is 20.1 Å². The molecule has 26 heavy (non-hydrogen) atoms. The number of rotatable bonds is 6. The molecule has 0 radical (unpaired) electrons. The third kappa shape index (κ3) is 4.89. The highest BCUT2D eigenvalue weighted by Gasteiger charge is 2.12. The van der Waals surface area contributed by atoms with E-state index in [1.165, 1.54) is 20.4 Å². The van der Waals surface area contributed by atoms with Crippen LogP contribution in [0.15, 0.2) is 48.2 Å². The van der Waals surface area contributed by atoms with Crippen LogP contribution < -0.4 is 20.1 Å². The Balaban J connectivity index is 2.14. The standard InChI is InChI=1S/C19H18IN3O3/c1-12-8-14(20)4-6-16(12)22-11-13(10-21)19(24)23-15-5-7-17(25-2)18(9-15)26-3/h4-9,11,22H,1-3H3,(H,23,24)/b13-11-. The lowest BCUT2D eigenvalue weighted by Gasteiger charge is -2.10. The van der Waals surface area contributed by atoms with Crippen molar-refractivity contribution in [1.29, 1.82) is 5.26 Å². The molecule has 6 nitrogen and oxygen atoms in total. The Morgan fingerprint density at radius 3 is 2.50 bits per heavy atom. The zero-order chi connectivity index (χ0) is 19.1. The maximum Gasteiger partial charge on any atom is 0.267 e. The van der Waals surface area contributed by atoms with Crippen LogP contribution in [0.4, 0.5) is 11.4 Å². The molecule has 2 N–H and O–H groups in total. The minimum atomic E-state index is -0.518. The van der Waals surface area contributed by atoms with Gasteiger partial charge in [-0.25, -0.2) is 0 Å². The van der Waals surface area contributed by atoms with E-state index in [9.17, 15) is 10.1 Å². The highest BCUT2D eigenvalue weighted by Crippen LogP contribution is 2.29. The summed E-state index contributed by atoms with van der Waals surface area (Å²) in [5.74, 6) is 0.521. The number of aryl methyl sites for hydroxylation is 1. The molecule has 0 bridgehead atoms. The van der Waals surface area contributed by atoms with Gasteiger partial charge in [0.15, 0.2) is 11.5 Å². The van der Waals surface area contributed by atoms with E-state index in [0.29, 0.717) is 17.2 Å². The van der Waals surface area contributed by atoms with Gasteiger partial charge in [-0.1, -0.05) is 0 Å². The van der Waals surface area contributed by atoms with Gasteiger partial charge in [0.1, 0.15) is 11.6 Å². The molecular weight excluding hydrogens is 445 g/mol. The number of anilines is 2. The maximum absolute atomic E-state index is 12.3. The average molecular weight is 463 g/mol. The topological polar surface area (TPSA) is 83.4 Å². The highest BCUT2D eigenvalue weighted by atomic mass is 127. The molecule has 0 spiro atoms. The molecule has 7 heteroatoms. The highest BCUT2D eigenvalue weighted by molar-refractivity contribution is 14.1. The van der Waals surface area contributed by atoms with Crippen molar-refractivity contribution >= 4 is 39.9 Å². The maximum atomic E-state index is 12.3. The minimum Gasteiger partial charge on any atom is -0.493 e. The number of hydrogen-bond donors (Lipinski definition) is 2. The van der Waals surface area contributed by atoms with Crippen molar-refractivity contribution in [2.24, 2.45) is 0 Å². The number of halogens is 1. The van der Waals surface area contributed by atoms with Crippen LogP contribution in [-0.2, 0) is 4.79 Å². The van der Waals surface area contributed by atoms with Crippen LogP contribution >= 0.6 is 22.6 Å². The molecule has 0 saturated heterocycles. The predicted octanol–water partition coefficient (Wildman–Crippen LogP) is 4.07. The number of hydrogen-bond acceptors (Lipinski definition) is 5. The van der Waals surface area contributed by atoms with Crippen LogP contribution in [0.2, 0.25) is 0 Å². The van der Waals surface area contributed by atoms with Crippen molar-refractivity contribution < 1.29 is 14.3 Å². The number of amides is 1. The monoisotopic (exact) mass is 463 g/mol. The van der Waals surface area contributed by atoms with Crippen LogP contribution in [0.3, 0.4) is 0 Å². The summed E-state index contributed by atoms with van der Waals surface area (Å²) in [4.78, 5) is 12.3. The molecule has 2 rings (SSSR count). The molecule has 0 unspecified atom stereocenters. The Labute approximate surface area is 165 Å². The van der Waals surface area contributed by atoms with Crippen molar-refractivity contribution in [3.63, 3.8) is 0 Å². The fourth-order valence-corrected chi connectivity index (χ4v) is 2.85. The first-order valence-corrected chi connectivity index (χ1v) is 8.72. The zero-order valence-corrected chi connectivity index (χ0v) is 16.7. The van der Waals surface area contributed by atoms with Crippen LogP contribution in [0.25, 0.3) is 0 Å². The van der Waals surface area contributed by atoms with Crippen LogP contribution in [0.1, 0.15) is 5.56 Å². The molecule has 0 aliphatic rings. The van der Waals surface area contributed by atoms with E-state index in [2.05, 4.69) is 33.2 Å². The van der Waals surface area contributed by atoms with E-state index in [0.717, 1.165) is 14.8 Å². The molecule has 1 amide bonds. The summed E-state index contributed by atoms with van der Waals surface area (Å²) in [6.07, 6.45) is 1.39. The second kappa shape index (κ2) is 9.10. The lowest BCUT2D eigenvalue weighted by atomic mass is 10.2. The van der Waals surface area contributed by atoms with E-state index in [4.69, 9.17) is 9.47 Å². The van der Waals surface area contributed by atoms with Crippen molar-refractivity contribution in [3.05, 3.63) is 57.3 Å². The number of ether oxygens (including phenoxy) is 2. The fraction of sp³-hybridized carbons (Fsp3) is 0.158. The van der Waals surface area contributed by atoms with Gasteiger partial charge in [0.2, 0.25) is 0 Å². The lowest BCUT2D eigenvalue weighted by Crippen LogP contribution is -2.14. The number of nitrogens with one attached hydrogen (secondary N) is 2. The van der Waals surface area contributed by atoms with Crippen molar-refractivity contribution in [1.82, 2.24) is 0 Å². The van der Waals surface area contributed by atoms with Gasteiger partial charge in [0.05, 0.1) is 14.2 Å². The molecule has 0 aromatic heterocycles. The molecule has 0 aliphatic heterocycles. The third-order valence-corrected chi connectivity index (χ3v) is 4.24. The number of methoxy groups -OCH3 is 2. The summed E-state index contributed by atoms with van der Waals surface area (Å²) < 4.78 is 11.5.